The molecular weight excluding hydrogens is 450 g/mol. The van der Waals surface area contributed by atoms with Gasteiger partial charge in [-0.15, -0.1) is 0 Å². The molecule has 6 nitrogen and oxygen atoms in total. The van der Waals surface area contributed by atoms with Gasteiger partial charge in [-0.1, -0.05) is 81.5 Å². The molecule has 6 heteroatoms. The highest BCUT2D eigenvalue weighted by Gasteiger charge is 2.26. The van der Waals surface area contributed by atoms with Gasteiger partial charge in [0.1, 0.15) is 5.56 Å². The molecule has 3 rings (SSSR count). The van der Waals surface area contributed by atoms with Gasteiger partial charge in [-0.05, 0) is 44.4 Å². The molecule has 1 amide bonds. The van der Waals surface area contributed by atoms with E-state index in [4.69, 9.17) is 0 Å². The quantitative estimate of drug-likeness (QED) is 0.228. The lowest BCUT2D eigenvalue weighted by molar-refractivity contribution is -0.130. The number of nitrogens with one attached hydrogen (secondary N) is 1. The second-order valence-electron chi connectivity index (χ2n) is 9.44. The minimum Gasteiger partial charge on any atom is -0.335 e. The van der Waals surface area contributed by atoms with Gasteiger partial charge < -0.3 is 4.90 Å². The zero-order chi connectivity index (χ0) is 26.1. The van der Waals surface area contributed by atoms with E-state index in [2.05, 4.69) is 12.0 Å². The van der Waals surface area contributed by atoms with Crippen molar-refractivity contribution >= 4 is 11.7 Å². The van der Waals surface area contributed by atoms with Crippen molar-refractivity contribution in [1.29, 1.82) is 0 Å². The van der Waals surface area contributed by atoms with Crippen LogP contribution in [0.15, 0.2) is 53.3 Å². The number of carbonyl (C=O) groups is 2. The summed E-state index contributed by atoms with van der Waals surface area (Å²) in [4.78, 5) is 41.6. The number of rotatable bonds is 13. The van der Waals surface area contributed by atoms with Crippen LogP contribution < -0.4 is 5.56 Å². The molecule has 1 N–H and O–H groups in total. The lowest BCUT2D eigenvalue weighted by Crippen LogP contribution is -2.37. The third-order valence-corrected chi connectivity index (χ3v) is 6.86. The molecule has 0 aliphatic heterocycles. The Morgan fingerprint density at radius 1 is 0.889 bits per heavy atom. The van der Waals surface area contributed by atoms with E-state index in [-0.39, 0.29) is 23.8 Å². The summed E-state index contributed by atoms with van der Waals surface area (Å²) in [7, 11) is 0. The number of hydrogen-bond acceptors (Lipinski definition) is 3. The van der Waals surface area contributed by atoms with Crippen molar-refractivity contribution in [1.82, 2.24) is 14.7 Å². The first-order valence-corrected chi connectivity index (χ1v) is 13.2. The number of unbranched alkanes of at least 4 members (excludes halogenated alkanes) is 5. The van der Waals surface area contributed by atoms with Gasteiger partial charge in [-0.25, -0.2) is 4.68 Å². The Bertz CT molecular complexity index is 1220. The molecule has 3 aromatic rings. The fourth-order valence-corrected chi connectivity index (χ4v) is 4.50. The van der Waals surface area contributed by atoms with Crippen molar-refractivity contribution in [3.8, 4) is 16.9 Å². The van der Waals surface area contributed by atoms with Crippen molar-refractivity contribution in [2.45, 2.75) is 72.6 Å². The summed E-state index contributed by atoms with van der Waals surface area (Å²) in [6.07, 6.45) is 7.03. The molecule has 0 spiro atoms. The van der Waals surface area contributed by atoms with Gasteiger partial charge in [0, 0.05) is 18.5 Å². The molecule has 0 fully saturated rings. The van der Waals surface area contributed by atoms with E-state index >= 15 is 0 Å². The fraction of sp³-hybridized carbons (Fsp3) is 0.433. The van der Waals surface area contributed by atoms with Crippen LogP contribution in [0.4, 0.5) is 0 Å². The molecule has 0 aliphatic rings. The van der Waals surface area contributed by atoms with Crippen LogP contribution >= 0.6 is 0 Å². The zero-order valence-electron chi connectivity index (χ0n) is 22.1. The molecule has 0 atom stereocenters. The van der Waals surface area contributed by atoms with Crippen molar-refractivity contribution in [3.63, 3.8) is 0 Å². The van der Waals surface area contributed by atoms with E-state index in [1.54, 1.807) is 4.90 Å². The second kappa shape index (κ2) is 13.1. The van der Waals surface area contributed by atoms with Crippen LogP contribution in [0.1, 0.15) is 80.3 Å². The zero-order valence-corrected chi connectivity index (χ0v) is 22.1. The highest BCUT2D eigenvalue weighted by Crippen LogP contribution is 2.23. The Morgan fingerprint density at radius 3 is 2.28 bits per heavy atom. The average molecular weight is 490 g/mol. The summed E-state index contributed by atoms with van der Waals surface area (Å²) in [5.74, 6) is -0.384. The molecular formula is C30H39N3O3. The van der Waals surface area contributed by atoms with Crippen LogP contribution in [0.25, 0.3) is 16.9 Å². The summed E-state index contributed by atoms with van der Waals surface area (Å²) in [6, 6.07) is 15.1. The fourth-order valence-electron chi connectivity index (χ4n) is 4.50. The Morgan fingerprint density at radius 2 is 1.58 bits per heavy atom. The van der Waals surface area contributed by atoms with E-state index in [9.17, 15) is 14.4 Å². The van der Waals surface area contributed by atoms with E-state index in [1.807, 2.05) is 69.3 Å². The Balaban J connectivity index is 1.87. The van der Waals surface area contributed by atoms with Crippen LogP contribution in [0.3, 0.4) is 0 Å². The predicted molar refractivity (Wildman–Crippen MR) is 146 cm³/mol. The van der Waals surface area contributed by atoms with Crippen molar-refractivity contribution in [2.75, 3.05) is 13.1 Å². The van der Waals surface area contributed by atoms with E-state index in [0.29, 0.717) is 24.3 Å². The van der Waals surface area contributed by atoms with Crippen molar-refractivity contribution in [3.05, 3.63) is 75.6 Å². The largest absolute Gasteiger partial charge is 0.335 e. The van der Waals surface area contributed by atoms with E-state index in [1.165, 1.54) is 23.9 Å². The maximum Gasteiger partial charge on any atom is 0.282 e. The van der Waals surface area contributed by atoms with Gasteiger partial charge in [0.25, 0.3) is 5.56 Å². The molecule has 0 saturated heterocycles. The van der Waals surface area contributed by atoms with Gasteiger partial charge in [0.2, 0.25) is 5.91 Å². The standard InChI is InChI=1S/C30H39N3O3/c1-5-7-8-9-10-14-20-27(35)32(6-2)21-26(34)28-29(24-17-12-11-13-18-24)31-33(30(28)36)25-19-15-16-22(3)23(25)4/h11-13,15-19,31H,5-10,14,20-21H2,1-4H3. The monoisotopic (exact) mass is 489 g/mol. The molecule has 0 aliphatic carbocycles. The maximum absolute atomic E-state index is 13.6. The number of amides is 1. The molecule has 0 saturated carbocycles. The number of aromatic nitrogens is 2. The number of carbonyl (C=O) groups excluding carboxylic acids is 2. The summed E-state index contributed by atoms with van der Waals surface area (Å²) in [6.45, 7) is 8.33. The number of Topliss-reactive ketones (excluding diaryl/α,β-unsaturated/α-hetero) is 1. The Hall–Kier alpha value is -3.41. The smallest absolute Gasteiger partial charge is 0.282 e. The number of hydrogen-bond donors (Lipinski definition) is 1. The van der Waals surface area contributed by atoms with Crippen LogP contribution in [0, 0.1) is 13.8 Å². The highest BCUT2D eigenvalue weighted by atomic mass is 16.2. The van der Waals surface area contributed by atoms with Gasteiger partial charge in [-0.3, -0.25) is 19.5 Å². The lowest BCUT2D eigenvalue weighted by atomic mass is 10.0. The lowest BCUT2D eigenvalue weighted by Gasteiger charge is -2.20. The summed E-state index contributed by atoms with van der Waals surface area (Å²) in [5, 5.41) is 3.19. The first-order valence-electron chi connectivity index (χ1n) is 13.2. The van der Waals surface area contributed by atoms with Crippen molar-refractivity contribution in [2.24, 2.45) is 0 Å². The molecule has 2 aromatic carbocycles. The van der Waals surface area contributed by atoms with Gasteiger partial charge in [0.05, 0.1) is 17.9 Å². The number of nitrogens with zero attached hydrogens (tertiary/aromatic N) is 2. The van der Waals surface area contributed by atoms with E-state index < -0.39 is 5.56 Å². The van der Waals surface area contributed by atoms with Crippen LogP contribution in [-0.2, 0) is 4.79 Å². The molecule has 36 heavy (non-hydrogen) atoms. The Labute approximate surface area is 214 Å². The molecule has 192 valence electrons. The van der Waals surface area contributed by atoms with Crippen LogP contribution in [0.2, 0.25) is 0 Å². The van der Waals surface area contributed by atoms with Crippen LogP contribution in [0.5, 0.6) is 0 Å². The normalized spacial score (nSPS) is 11.0. The molecule has 1 aromatic heterocycles. The minimum atomic E-state index is -0.396. The Kier molecular flexibility index (Phi) is 9.86. The third kappa shape index (κ3) is 6.42. The molecule has 0 bridgehead atoms. The first kappa shape index (κ1) is 27.2. The average Bonchev–Trinajstić information content (AvgIpc) is 3.23. The van der Waals surface area contributed by atoms with E-state index in [0.717, 1.165) is 36.0 Å². The number of ketones is 1. The summed E-state index contributed by atoms with van der Waals surface area (Å²) < 4.78 is 1.45. The summed E-state index contributed by atoms with van der Waals surface area (Å²) in [5.41, 5.74) is 3.65. The number of aryl methyl sites for hydroxylation is 1. The third-order valence-electron chi connectivity index (χ3n) is 6.86. The van der Waals surface area contributed by atoms with Gasteiger partial charge >= 0.3 is 0 Å². The second-order valence-corrected chi connectivity index (χ2v) is 9.44. The summed E-state index contributed by atoms with van der Waals surface area (Å²) >= 11 is 0. The predicted octanol–water partition coefficient (Wildman–Crippen LogP) is 6.23. The highest BCUT2D eigenvalue weighted by molar-refractivity contribution is 6.03. The number of H-pyrrole nitrogens is 1. The maximum atomic E-state index is 13.6. The van der Waals surface area contributed by atoms with Crippen molar-refractivity contribution < 1.29 is 9.59 Å². The molecule has 1 heterocycles. The van der Waals surface area contributed by atoms with Crippen LogP contribution in [-0.4, -0.2) is 39.5 Å². The SMILES string of the molecule is CCCCCCCCC(=O)N(CC)CC(=O)c1c(-c2ccccc2)[nH]n(-c2cccc(C)c2C)c1=O. The molecule has 0 radical (unpaired) electrons. The van der Waals surface area contributed by atoms with Gasteiger partial charge in [-0.2, -0.15) is 0 Å². The number of aromatic amines is 1. The topological polar surface area (TPSA) is 75.2 Å². The number of likely N-dealkylation sites (N-methyl/N-ethyl adjacent to an activating group) is 1. The minimum absolute atomic E-state index is 0.0343. The number of benzene rings is 2. The van der Waals surface area contributed by atoms with Gasteiger partial charge in [0.15, 0.2) is 5.78 Å². The first-order chi connectivity index (χ1) is 17.4. The molecule has 0 unspecified atom stereocenters.